The van der Waals surface area contributed by atoms with Crippen LogP contribution in [0.3, 0.4) is 0 Å². The third-order valence-electron chi connectivity index (χ3n) is 3.30. The van der Waals surface area contributed by atoms with E-state index in [1.54, 1.807) is 0 Å². The van der Waals surface area contributed by atoms with Crippen LogP contribution in [-0.4, -0.2) is 0 Å². The average molecular weight is 260 g/mol. The smallest absolute Gasteiger partial charge is 0.0157 e. The van der Waals surface area contributed by atoms with Crippen LogP contribution in [0.1, 0.15) is 25.0 Å². The molecular weight excluding hydrogens is 240 g/mol. The van der Waals surface area contributed by atoms with Crippen molar-refractivity contribution in [2.75, 3.05) is 0 Å². The molecule has 0 N–H and O–H groups in total. The Hall–Kier alpha value is -2.34. The molecule has 0 saturated carbocycles. The topological polar surface area (TPSA) is 0 Å². The van der Waals surface area contributed by atoms with Crippen LogP contribution in [0.5, 0.6) is 0 Å². The van der Waals surface area contributed by atoms with Gasteiger partial charge in [-0.25, -0.2) is 0 Å². The lowest BCUT2D eigenvalue weighted by molar-refractivity contribution is 1.40. The SMILES string of the molecule is C.C1=CC(c2ccccc2)=CC(c2ccccc2)=CC1. The summed E-state index contributed by atoms with van der Waals surface area (Å²) in [5, 5.41) is 0. The van der Waals surface area contributed by atoms with Gasteiger partial charge in [-0.3, -0.25) is 0 Å². The van der Waals surface area contributed by atoms with Crippen molar-refractivity contribution in [1.29, 1.82) is 0 Å². The van der Waals surface area contributed by atoms with Crippen LogP contribution in [0.25, 0.3) is 11.1 Å². The highest BCUT2D eigenvalue weighted by atomic mass is 14.1. The minimum atomic E-state index is 0. The van der Waals surface area contributed by atoms with Crippen LogP contribution in [0, 0.1) is 0 Å². The fraction of sp³-hybridized carbons (Fsp3) is 0.100. The van der Waals surface area contributed by atoms with Gasteiger partial charge in [-0.05, 0) is 34.8 Å². The molecule has 1 aliphatic rings. The first-order valence-corrected chi connectivity index (χ1v) is 6.63. The fourth-order valence-corrected chi connectivity index (χ4v) is 2.31. The number of hydrogen-bond donors (Lipinski definition) is 0. The average Bonchev–Trinajstić information content (AvgIpc) is 2.75. The number of allylic oxidation sites excluding steroid dienone is 6. The fourth-order valence-electron chi connectivity index (χ4n) is 2.31. The second-order valence-electron chi connectivity index (χ2n) is 4.63. The maximum absolute atomic E-state index is 2.28. The Bertz CT molecular complexity index is 628. The molecular formula is C20H20. The van der Waals surface area contributed by atoms with Gasteiger partial charge in [0, 0.05) is 0 Å². The summed E-state index contributed by atoms with van der Waals surface area (Å²) in [4.78, 5) is 0. The minimum Gasteiger partial charge on any atom is -0.0801 e. The molecule has 0 saturated heterocycles. The van der Waals surface area contributed by atoms with Gasteiger partial charge in [0.05, 0.1) is 0 Å². The van der Waals surface area contributed by atoms with E-state index in [1.165, 1.54) is 22.3 Å². The summed E-state index contributed by atoms with van der Waals surface area (Å²) < 4.78 is 0. The molecule has 0 amide bonds. The van der Waals surface area contributed by atoms with Crippen molar-refractivity contribution in [1.82, 2.24) is 0 Å². The molecule has 0 atom stereocenters. The summed E-state index contributed by atoms with van der Waals surface area (Å²) in [5.74, 6) is 0. The molecule has 0 heterocycles. The molecule has 0 spiro atoms. The molecule has 1 aliphatic carbocycles. The van der Waals surface area contributed by atoms with Gasteiger partial charge in [0.15, 0.2) is 0 Å². The van der Waals surface area contributed by atoms with Gasteiger partial charge < -0.3 is 0 Å². The van der Waals surface area contributed by atoms with E-state index in [9.17, 15) is 0 Å². The Balaban J connectivity index is 0.00000147. The third kappa shape index (κ3) is 3.16. The second kappa shape index (κ2) is 6.72. The van der Waals surface area contributed by atoms with E-state index in [0.29, 0.717) is 0 Å². The summed E-state index contributed by atoms with van der Waals surface area (Å²) in [6.07, 6.45) is 9.96. The Morgan fingerprint density at radius 2 is 1.20 bits per heavy atom. The van der Waals surface area contributed by atoms with Crippen LogP contribution in [0.4, 0.5) is 0 Å². The third-order valence-corrected chi connectivity index (χ3v) is 3.30. The van der Waals surface area contributed by atoms with Crippen molar-refractivity contribution >= 4 is 11.1 Å². The molecule has 100 valence electrons. The van der Waals surface area contributed by atoms with E-state index < -0.39 is 0 Å². The molecule has 3 rings (SSSR count). The van der Waals surface area contributed by atoms with Gasteiger partial charge in [-0.15, -0.1) is 0 Å². The molecule has 0 bridgehead atoms. The van der Waals surface area contributed by atoms with Crippen molar-refractivity contribution in [2.45, 2.75) is 13.8 Å². The molecule has 20 heavy (non-hydrogen) atoms. The number of hydrogen-bond acceptors (Lipinski definition) is 0. The minimum absolute atomic E-state index is 0. The van der Waals surface area contributed by atoms with Crippen LogP contribution in [-0.2, 0) is 0 Å². The van der Waals surface area contributed by atoms with Gasteiger partial charge in [-0.1, -0.05) is 86.3 Å². The van der Waals surface area contributed by atoms with Crippen LogP contribution in [0.15, 0.2) is 85.0 Å². The lowest BCUT2D eigenvalue weighted by Crippen LogP contribution is -1.83. The summed E-state index contributed by atoms with van der Waals surface area (Å²) in [7, 11) is 0. The Labute approximate surface area is 121 Å². The molecule has 0 aliphatic heterocycles. The Morgan fingerprint density at radius 3 is 1.80 bits per heavy atom. The lowest BCUT2D eigenvalue weighted by atomic mass is 10.00. The van der Waals surface area contributed by atoms with E-state index >= 15 is 0 Å². The summed E-state index contributed by atoms with van der Waals surface area (Å²) in [6, 6.07) is 21.1. The highest BCUT2D eigenvalue weighted by molar-refractivity contribution is 5.88. The maximum Gasteiger partial charge on any atom is -0.0157 e. The quantitative estimate of drug-likeness (QED) is 0.645. The van der Waals surface area contributed by atoms with Gasteiger partial charge in [0.25, 0.3) is 0 Å². The normalized spacial score (nSPS) is 13.8. The standard InChI is InChI=1S/C19H16.CH4/c1-3-9-16(10-4-1)18-13-7-8-14-19(15-18)17-11-5-2-6-12-17;/h1-7,9-15H,8H2;1H4. The van der Waals surface area contributed by atoms with Crippen molar-refractivity contribution in [2.24, 2.45) is 0 Å². The Morgan fingerprint density at radius 1 is 0.650 bits per heavy atom. The number of benzene rings is 2. The predicted octanol–water partition coefficient (Wildman–Crippen LogP) is 5.75. The monoisotopic (exact) mass is 260 g/mol. The molecule has 0 radical (unpaired) electrons. The van der Waals surface area contributed by atoms with Crippen LogP contribution in [0.2, 0.25) is 0 Å². The molecule has 0 aromatic heterocycles. The van der Waals surface area contributed by atoms with Gasteiger partial charge in [0.1, 0.15) is 0 Å². The summed E-state index contributed by atoms with van der Waals surface area (Å²) in [6.45, 7) is 0. The lowest BCUT2D eigenvalue weighted by Gasteiger charge is -2.05. The highest BCUT2D eigenvalue weighted by Gasteiger charge is 2.04. The first-order chi connectivity index (χ1) is 9.43. The summed E-state index contributed by atoms with van der Waals surface area (Å²) >= 11 is 0. The van der Waals surface area contributed by atoms with E-state index in [2.05, 4.69) is 85.0 Å². The molecule has 0 unspecified atom stereocenters. The van der Waals surface area contributed by atoms with E-state index in [4.69, 9.17) is 0 Å². The first kappa shape index (κ1) is 14.1. The zero-order chi connectivity index (χ0) is 12.9. The molecule has 0 heteroatoms. The van der Waals surface area contributed by atoms with Crippen molar-refractivity contribution in [3.8, 4) is 0 Å². The highest BCUT2D eigenvalue weighted by Crippen LogP contribution is 2.26. The number of rotatable bonds is 2. The van der Waals surface area contributed by atoms with Gasteiger partial charge in [-0.2, -0.15) is 0 Å². The molecule has 0 fully saturated rings. The van der Waals surface area contributed by atoms with E-state index in [-0.39, 0.29) is 7.43 Å². The largest absolute Gasteiger partial charge is 0.0801 e. The predicted molar refractivity (Wildman–Crippen MR) is 89.3 cm³/mol. The van der Waals surface area contributed by atoms with E-state index in [1.807, 2.05) is 0 Å². The van der Waals surface area contributed by atoms with Gasteiger partial charge in [0.2, 0.25) is 0 Å². The zero-order valence-electron chi connectivity index (χ0n) is 10.8. The Kier molecular flexibility index (Phi) is 4.73. The van der Waals surface area contributed by atoms with Gasteiger partial charge >= 0.3 is 0 Å². The maximum atomic E-state index is 2.28. The molecule has 2 aromatic rings. The molecule has 0 nitrogen and oxygen atoms in total. The van der Waals surface area contributed by atoms with E-state index in [0.717, 1.165) is 6.42 Å². The van der Waals surface area contributed by atoms with Crippen molar-refractivity contribution in [3.63, 3.8) is 0 Å². The van der Waals surface area contributed by atoms with Crippen LogP contribution >= 0.6 is 0 Å². The van der Waals surface area contributed by atoms with Crippen molar-refractivity contribution < 1.29 is 0 Å². The first-order valence-electron chi connectivity index (χ1n) is 6.63. The van der Waals surface area contributed by atoms with Crippen molar-refractivity contribution in [3.05, 3.63) is 96.1 Å². The zero-order valence-corrected chi connectivity index (χ0v) is 10.8. The van der Waals surface area contributed by atoms with Crippen LogP contribution < -0.4 is 0 Å². The second-order valence-corrected chi connectivity index (χ2v) is 4.63. The molecule has 2 aromatic carbocycles. The summed E-state index contributed by atoms with van der Waals surface area (Å²) in [5.41, 5.74) is 5.11.